The Balaban J connectivity index is 1.40. The number of pyridine rings is 1. The summed E-state index contributed by atoms with van der Waals surface area (Å²) in [5.74, 6) is 0.722. The number of ether oxygens (including phenoxy) is 1. The average molecular weight is 580 g/mol. The lowest BCUT2D eigenvalue weighted by molar-refractivity contribution is 0.0748. The maximum absolute atomic E-state index is 14.1. The molecular weight excluding hydrogens is 550 g/mol. The number of nitrogens with zero attached hydrogens (tertiary/aromatic N) is 5. The van der Waals surface area contributed by atoms with Crippen molar-refractivity contribution in [1.82, 2.24) is 19.7 Å². The molecule has 4 aromatic rings. The predicted octanol–water partition coefficient (Wildman–Crippen LogP) is 4.39. The van der Waals surface area contributed by atoms with Gasteiger partial charge in [0.15, 0.2) is 15.5 Å². The number of fused-ring (bicyclic) bond motifs is 1. The van der Waals surface area contributed by atoms with Crippen LogP contribution >= 0.6 is 11.6 Å². The average Bonchev–Trinajstić information content (AvgIpc) is 3.50. The standard InChI is InChI=1S/C29H30ClN5O4S/c1-19-27-25(29(36)34-12-10-33(11-13-34)22-7-4-6-21(30)16-22)17-26(20-5-3-8-24(15-20)39-2)31-28(27)35(32-19)23-9-14-40(37,38)18-23/h3-8,15-17,23H,9-14,18H2,1-2H3. The van der Waals surface area contributed by atoms with Gasteiger partial charge < -0.3 is 14.5 Å². The first-order valence-corrected chi connectivity index (χ1v) is 15.5. The van der Waals surface area contributed by atoms with Gasteiger partial charge in [0, 0.05) is 42.5 Å². The minimum Gasteiger partial charge on any atom is -0.497 e. The second-order valence-electron chi connectivity index (χ2n) is 10.3. The molecule has 2 aliphatic rings. The highest BCUT2D eigenvalue weighted by molar-refractivity contribution is 7.91. The van der Waals surface area contributed by atoms with Crippen LogP contribution in [-0.4, -0.2) is 78.8 Å². The fourth-order valence-electron chi connectivity index (χ4n) is 5.65. The smallest absolute Gasteiger partial charge is 0.254 e. The molecule has 9 nitrogen and oxygen atoms in total. The van der Waals surface area contributed by atoms with E-state index in [1.165, 1.54) is 0 Å². The molecule has 1 atom stereocenters. The Bertz CT molecular complexity index is 1710. The van der Waals surface area contributed by atoms with E-state index in [0.717, 1.165) is 11.3 Å². The van der Waals surface area contributed by atoms with Crippen molar-refractivity contribution >= 4 is 44.1 Å². The number of hydrogen-bond acceptors (Lipinski definition) is 7. The largest absolute Gasteiger partial charge is 0.497 e. The second kappa shape index (κ2) is 10.4. The normalized spacial score (nSPS) is 18.8. The summed E-state index contributed by atoms with van der Waals surface area (Å²) in [6.45, 7) is 4.32. The van der Waals surface area contributed by atoms with Crippen LogP contribution in [0.1, 0.15) is 28.5 Å². The third-order valence-corrected chi connectivity index (χ3v) is 9.71. The van der Waals surface area contributed by atoms with E-state index in [-0.39, 0.29) is 23.5 Å². The Kier molecular flexibility index (Phi) is 6.92. The molecule has 11 heteroatoms. The van der Waals surface area contributed by atoms with Crippen LogP contribution in [0.4, 0.5) is 5.69 Å². The van der Waals surface area contributed by atoms with Crippen LogP contribution < -0.4 is 9.64 Å². The van der Waals surface area contributed by atoms with Crippen molar-refractivity contribution < 1.29 is 17.9 Å². The Morgan fingerprint density at radius 2 is 1.82 bits per heavy atom. The summed E-state index contributed by atoms with van der Waals surface area (Å²) in [5, 5.41) is 6.08. The zero-order valence-electron chi connectivity index (χ0n) is 22.4. The topological polar surface area (TPSA) is 97.6 Å². The predicted molar refractivity (Wildman–Crippen MR) is 156 cm³/mol. The molecule has 2 fully saturated rings. The molecule has 208 valence electrons. The first-order chi connectivity index (χ1) is 19.2. The van der Waals surface area contributed by atoms with E-state index in [4.69, 9.17) is 26.4 Å². The third kappa shape index (κ3) is 5.01. The van der Waals surface area contributed by atoms with Gasteiger partial charge >= 0.3 is 0 Å². The molecule has 0 radical (unpaired) electrons. The lowest BCUT2D eigenvalue weighted by Gasteiger charge is -2.36. The first kappa shape index (κ1) is 26.6. The highest BCUT2D eigenvalue weighted by atomic mass is 35.5. The summed E-state index contributed by atoms with van der Waals surface area (Å²) >= 11 is 6.20. The second-order valence-corrected chi connectivity index (χ2v) is 13.0. The quantitative estimate of drug-likeness (QED) is 0.346. The van der Waals surface area contributed by atoms with Gasteiger partial charge in [-0.25, -0.2) is 18.1 Å². The molecular formula is C29H30ClN5O4S. The zero-order valence-corrected chi connectivity index (χ0v) is 24.0. The number of halogens is 1. The minimum atomic E-state index is -3.14. The van der Waals surface area contributed by atoms with Crippen LogP contribution in [0.3, 0.4) is 0 Å². The van der Waals surface area contributed by atoms with E-state index in [1.807, 2.05) is 66.4 Å². The van der Waals surface area contributed by atoms with Crippen molar-refractivity contribution in [3.8, 4) is 17.0 Å². The van der Waals surface area contributed by atoms with Crippen molar-refractivity contribution in [2.24, 2.45) is 0 Å². The Morgan fingerprint density at radius 1 is 1.05 bits per heavy atom. The van der Waals surface area contributed by atoms with Gasteiger partial charge in [0.25, 0.3) is 5.91 Å². The van der Waals surface area contributed by atoms with Crippen molar-refractivity contribution in [1.29, 1.82) is 0 Å². The molecule has 0 N–H and O–H groups in total. The molecule has 1 unspecified atom stereocenters. The molecule has 0 saturated carbocycles. The van der Waals surface area contributed by atoms with Gasteiger partial charge in [-0.3, -0.25) is 4.79 Å². The van der Waals surface area contributed by atoms with Gasteiger partial charge in [-0.2, -0.15) is 5.10 Å². The molecule has 2 aromatic carbocycles. The number of rotatable bonds is 5. The highest BCUT2D eigenvalue weighted by Crippen LogP contribution is 2.33. The van der Waals surface area contributed by atoms with Crippen molar-refractivity contribution in [2.45, 2.75) is 19.4 Å². The van der Waals surface area contributed by atoms with Crippen LogP contribution in [0.5, 0.6) is 5.75 Å². The summed E-state index contributed by atoms with van der Waals surface area (Å²) < 4.78 is 31.7. The first-order valence-electron chi connectivity index (χ1n) is 13.3. The lowest BCUT2D eigenvalue weighted by atomic mass is 10.0. The maximum atomic E-state index is 14.1. The van der Waals surface area contributed by atoms with E-state index in [1.54, 1.807) is 11.8 Å². The summed E-state index contributed by atoms with van der Waals surface area (Å²) in [6.07, 6.45) is 0.471. The summed E-state index contributed by atoms with van der Waals surface area (Å²) in [6, 6.07) is 16.8. The fourth-order valence-corrected chi connectivity index (χ4v) is 7.52. The van der Waals surface area contributed by atoms with Crippen molar-refractivity contribution in [3.05, 3.63) is 70.9 Å². The number of aromatic nitrogens is 3. The third-order valence-electron chi connectivity index (χ3n) is 7.73. The number of piperazine rings is 1. The van der Waals surface area contributed by atoms with Crippen molar-refractivity contribution in [3.63, 3.8) is 0 Å². The molecule has 0 aliphatic carbocycles. The zero-order chi connectivity index (χ0) is 28.0. The Morgan fingerprint density at radius 3 is 2.52 bits per heavy atom. The van der Waals surface area contributed by atoms with Gasteiger partial charge in [0.05, 0.1) is 47.0 Å². The van der Waals surface area contributed by atoms with E-state index in [2.05, 4.69) is 4.90 Å². The van der Waals surface area contributed by atoms with Gasteiger partial charge in [-0.15, -0.1) is 0 Å². The summed E-state index contributed by atoms with van der Waals surface area (Å²) in [5.41, 5.74) is 4.14. The number of hydrogen-bond donors (Lipinski definition) is 0. The summed E-state index contributed by atoms with van der Waals surface area (Å²) in [4.78, 5) is 23.1. The number of anilines is 1. The fraction of sp³-hybridized carbons (Fsp3) is 0.345. The molecule has 2 saturated heterocycles. The Labute approximate surface area is 238 Å². The molecule has 40 heavy (non-hydrogen) atoms. The van der Waals surface area contributed by atoms with E-state index in [0.29, 0.717) is 71.4 Å². The van der Waals surface area contributed by atoms with Crippen molar-refractivity contribution in [2.75, 3.05) is 49.7 Å². The molecule has 6 rings (SSSR count). The molecule has 2 aliphatic heterocycles. The van der Waals surface area contributed by atoms with E-state index >= 15 is 0 Å². The van der Waals surface area contributed by atoms with Gasteiger partial charge in [0.2, 0.25) is 0 Å². The summed E-state index contributed by atoms with van der Waals surface area (Å²) in [7, 11) is -1.54. The number of benzene rings is 2. The number of methoxy groups -OCH3 is 1. The van der Waals surface area contributed by atoms with Crippen LogP contribution in [0, 0.1) is 6.92 Å². The van der Waals surface area contributed by atoms with Crippen LogP contribution in [0.25, 0.3) is 22.3 Å². The van der Waals surface area contributed by atoms with Gasteiger partial charge in [0.1, 0.15) is 5.75 Å². The van der Waals surface area contributed by atoms with Crippen LogP contribution in [0.2, 0.25) is 5.02 Å². The molecule has 0 spiro atoms. The number of aryl methyl sites for hydroxylation is 1. The SMILES string of the molecule is COc1cccc(-c2cc(C(=O)N3CCN(c4cccc(Cl)c4)CC3)c3c(C)nn(C4CCS(=O)(=O)C4)c3n2)c1. The minimum absolute atomic E-state index is 0.0169. The van der Waals surface area contributed by atoms with Gasteiger partial charge in [-0.1, -0.05) is 29.8 Å². The molecule has 4 heterocycles. The molecule has 1 amide bonds. The monoisotopic (exact) mass is 579 g/mol. The number of carbonyl (C=O) groups excluding carboxylic acids is 1. The molecule has 0 bridgehead atoms. The Hall–Kier alpha value is -3.63. The van der Waals surface area contributed by atoms with E-state index in [9.17, 15) is 13.2 Å². The number of carbonyl (C=O) groups is 1. The van der Waals surface area contributed by atoms with Gasteiger partial charge in [-0.05, 0) is 49.7 Å². The maximum Gasteiger partial charge on any atom is 0.254 e. The van der Waals surface area contributed by atoms with Crippen LogP contribution in [-0.2, 0) is 9.84 Å². The highest BCUT2D eigenvalue weighted by Gasteiger charge is 2.33. The number of sulfone groups is 1. The van der Waals surface area contributed by atoms with Crippen LogP contribution in [0.15, 0.2) is 54.6 Å². The number of amides is 1. The van der Waals surface area contributed by atoms with E-state index < -0.39 is 9.84 Å². The molecule has 2 aromatic heterocycles. The lowest BCUT2D eigenvalue weighted by Crippen LogP contribution is -2.48.